The van der Waals surface area contributed by atoms with Crippen molar-refractivity contribution in [2.45, 2.75) is 32.4 Å². The van der Waals surface area contributed by atoms with Crippen LogP contribution < -0.4 is 0 Å². The lowest BCUT2D eigenvalue weighted by Crippen LogP contribution is -2.29. The van der Waals surface area contributed by atoms with Crippen LogP contribution >= 0.6 is 15.9 Å². The summed E-state index contributed by atoms with van der Waals surface area (Å²) in [7, 11) is 0. The van der Waals surface area contributed by atoms with E-state index >= 15 is 0 Å². The zero-order valence-electron chi connectivity index (χ0n) is 10.9. The summed E-state index contributed by atoms with van der Waals surface area (Å²) >= 11 is 3.39. The van der Waals surface area contributed by atoms with Gasteiger partial charge in [0, 0.05) is 6.04 Å². The van der Waals surface area contributed by atoms with Crippen LogP contribution in [0.25, 0.3) is 0 Å². The maximum atomic E-state index is 12.9. The number of rotatable bonds is 3. The van der Waals surface area contributed by atoms with Gasteiger partial charge in [0.05, 0.1) is 28.3 Å². The molecule has 2 aromatic rings. The van der Waals surface area contributed by atoms with Gasteiger partial charge in [0.2, 0.25) is 0 Å². The van der Waals surface area contributed by atoms with E-state index in [1.165, 1.54) is 12.1 Å². The van der Waals surface area contributed by atoms with Gasteiger partial charge in [-0.15, -0.1) is 0 Å². The van der Waals surface area contributed by atoms with Crippen LogP contribution in [0.2, 0.25) is 0 Å². The second-order valence-corrected chi connectivity index (χ2v) is 5.67. The summed E-state index contributed by atoms with van der Waals surface area (Å²) in [6.45, 7) is 5.56. The Balaban J connectivity index is 2.55. The van der Waals surface area contributed by atoms with E-state index in [2.05, 4.69) is 26.0 Å². The van der Waals surface area contributed by atoms with Gasteiger partial charge in [-0.2, -0.15) is 5.10 Å². The Kier molecular flexibility index (Phi) is 3.73. The first kappa shape index (κ1) is 14.1. The standard InChI is InChI=1S/C13H15BrFN3O/c1-8(2)18-12(10(14)7-17-18)13(3,19)11-5-4-9(15)6-16-11/h4-8,19H,1-3H3. The number of halogens is 2. The van der Waals surface area contributed by atoms with Crippen LogP contribution in [0, 0.1) is 5.82 Å². The van der Waals surface area contributed by atoms with Crippen LogP contribution in [0.1, 0.15) is 38.2 Å². The molecule has 4 nitrogen and oxygen atoms in total. The molecular formula is C13H15BrFN3O. The molecular weight excluding hydrogens is 313 g/mol. The monoisotopic (exact) mass is 327 g/mol. The van der Waals surface area contributed by atoms with Gasteiger partial charge in [0.25, 0.3) is 0 Å². The van der Waals surface area contributed by atoms with Crippen LogP contribution in [-0.2, 0) is 5.60 Å². The van der Waals surface area contributed by atoms with E-state index < -0.39 is 11.4 Å². The zero-order chi connectivity index (χ0) is 14.2. The second-order valence-electron chi connectivity index (χ2n) is 4.81. The van der Waals surface area contributed by atoms with E-state index in [9.17, 15) is 9.50 Å². The lowest BCUT2D eigenvalue weighted by Gasteiger charge is -2.26. The number of hydrogen-bond acceptors (Lipinski definition) is 3. The molecule has 0 aromatic carbocycles. The van der Waals surface area contributed by atoms with Crippen molar-refractivity contribution in [3.05, 3.63) is 46.2 Å². The predicted molar refractivity (Wildman–Crippen MR) is 73.2 cm³/mol. The van der Waals surface area contributed by atoms with E-state index in [0.29, 0.717) is 15.9 Å². The summed E-state index contributed by atoms with van der Waals surface area (Å²) in [5, 5.41) is 15.0. The minimum atomic E-state index is -1.35. The highest BCUT2D eigenvalue weighted by Crippen LogP contribution is 2.34. The van der Waals surface area contributed by atoms with Crippen molar-refractivity contribution in [2.24, 2.45) is 0 Å². The first-order chi connectivity index (χ1) is 8.84. The molecule has 0 spiro atoms. The predicted octanol–water partition coefficient (Wildman–Crippen LogP) is 3.02. The van der Waals surface area contributed by atoms with Crippen molar-refractivity contribution in [3.8, 4) is 0 Å². The average molecular weight is 328 g/mol. The fourth-order valence-electron chi connectivity index (χ4n) is 1.97. The summed E-state index contributed by atoms with van der Waals surface area (Å²) in [6.07, 6.45) is 2.72. The van der Waals surface area contributed by atoms with Crippen LogP contribution in [-0.4, -0.2) is 19.9 Å². The highest BCUT2D eigenvalue weighted by Gasteiger charge is 2.34. The van der Waals surface area contributed by atoms with Crippen LogP contribution in [0.4, 0.5) is 4.39 Å². The molecule has 102 valence electrons. The molecule has 2 heterocycles. The Morgan fingerprint density at radius 1 is 1.37 bits per heavy atom. The van der Waals surface area contributed by atoms with Gasteiger partial charge in [0.1, 0.15) is 11.4 Å². The lowest BCUT2D eigenvalue weighted by molar-refractivity contribution is 0.0844. The van der Waals surface area contributed by atoms with E-state index in [4.69, 9.17) is 0 Å². The largest absolute Gasteiger partial charge is 0.377 e. The van der Waals surface area contributed by atoms with Crippen LogP contribution in [0.3, 0.4) is 0 Å². The van der Waals surface area contributed by atoms with Gasteiger partial charge < -0.3 is 5.11 Å². The van der Waals surface area contributed by atoms with E-state index in [1.807, 2.05) is 13.8 Å². The zero-order valence-corrected chi connectivity index (χ0v) is 12.5. The Bertz CT molecular complexity index is 578. The lowest BCUT2D eigenvalue weighted by atomic mass is 9.97. The van der Waals surface area contributed by atoms with Crippen molar-refractivity contribution < 1.29 is 9.50 Å². The quantitative estimate of drug-likeness (QED) is 0.942. The van der Waals surface area contributed by atoms with Crippen LogP contribution in [0.5, 0.6) is 0 Å². The highest BCUT2D eigenvalue weighted by atomic mass is 79.9. The number of hydrogen-bond donors (Lipinski definition) is 1. The molecule has 0 saturated carbocycles. The molecule has 1 N–H and O–H groups in total. The Morgan fingerprint density at radius 2 is 2.05 bits per heavy atom. The molecule has 0 radical (unpaired) electrons. The molecule has 0 aliphatic heterocycles. The topological polar surface area (TPSA) is 50.9 Å². The fourth-order valence-corrected chi connectivity index (χ4v) is 2.63. The third-order valence-electron chi connectivity index (χ3n) is 2.93. The average Bonchev–Trinajstić information content (AvgIpc) is 2.72. The molecule has 1 unspecified atom stereocenters. The van der Waals surface area contributed by atoms with Crippen molar-refractivity contribution in [2.75, 3.05) is 0 Å². The molecule has 0 bridgehead atoms. The Hall–Kier alpha value is -1.27. The molecule has 0 saturated heterocycles. The number of nitrogens with zero attached hydrogens (tertiary/aromatic N) is 3. The van der Waals surface area contributed by atoms with Gasteiger partial charge in [0.15, 0.2) is 0 Å². The first-order valence-corrected chi connectivity index (χ1v) is 6.71. The van der Waals surface area contributed by atoms with Crippen LogP contribution in [0.15, 0.2) is 29.0 Å². The molecule has 0 aliphatic carbocycles. The molecule has 0 amide bonds. The van der Waals surface area contributed by atoms with Crippen molar-refractivity contribution in [3.63, 3.8) is 0 Å². The van der Waals surface area contributed by atoms with Gasteiger partial charge in [-0.05, 0) is 48.8 Å². The Morgan fingerprint density at radius 3 is 2.58 bits per heavy atom. The number of aromatic nitrogens is 3. The van der Waals surface area contributed by atoms with Crippen molar-refractivity contribution >= 4 is 15.9 Å². The minimum absolute atomic E-state index is 0.0909. The first-order valence-electron chi connectivity index (χ1n) is 5.92. The van der Waals surface area contributed by atoms with Crippen molar-refractivity contribution in [1.82, 2.24) is 14.8 Å². The molecule has 2 rings (SSSR count). The summed E-state index contributed by atoms with van der Waals surface area (Å²) in [5.41, 5.74) is -0.383. The summed E-state index contributed by atoms with van der Waals surface area (Å²) in [4.78, 5) is 3.96. The molecule has 0 aliphatic rings. The van der Waals surface area contributed by atoms with Gasteiger partial charge in [-0.25, -0.2) is 4.39 Å². The normalized spacial score (nSPS) is 14.7. The maximum absolute atomic E-state index is 12.9. The SMILES string of the molecule is CC(C)n1ncc(Br)c1C(C)(O)c1ccc(F)cn1. The van der Waals surface area contributed by atoms with Gasteiger partial charge in [-0.3, -0.25) is 9.67 Å². The number of aliphatic hydroxyl groups is 1. The summed E-state index contributed by atoms with van der Waals surface area (Å²) in [6, 6.07) is 2.84. The fraction of sp³-hybridized carbons (Fsp3) is 0.385. The van der Waals surface area contributed by atoms with Gasteiger partial charge >= 0.3 is 0 Å². The smallest absolute Gasteiger partial charge is 0.146 e. The maximum Gasteiger partial charge on any atom is 0.146 e. The second kappa shape index (κ2) is 5.02. The van der Waals surface area contributed by atoms with E-state index in [-0.39, 0.29) is 6.04 Å². The van der Waals surface area contributed by atoms with E-state index in [1.54, 1.807) is 17.8 Å². The highest BCUT2D eigenvalue weighted by molar-refractivity contribution is 9.10. The molecule has 0 fully saturated rings. The molecule has 2 aromatic heterocycles. The third kappa shape index (κ3) is 2.55. The molecule has 19 heavy (non-hydrogen) atoms. The van der Waals surface area contributed by atoms with E-state index in [0.717, 1.165) is 6.20 Å². The Labute approximate surface area is 119 Å². The third-order valence-corrected chi connectivity index (χ3v) is 3.51. The van der Waals surface area contributed by atoms with Crippen molar-refractivity contribution in [1.29, 1.82) is 0 Å². The molecule has 6 heteroatoms. The minimum Gasteiger partial charge on any atom is -0.377 e. The summed E-state index contributed by atoms with van der Waals surface area (Å²) in [5.74, 6) is -0.434. The van der Waals surface area contributed by atoms with Gasteiger partial charge in [-0.1, -0.05) is 0 Å². The molecule has 1 atom stereocenters. The summed E-state index contributed by atoms with van der Waals surface area (Å²) < 4.78 is 15.3. The number of pyridine rings is 1.